The lowest BCUT2D eigenvalue weighted by atomic mass is 9.80. The van der Waals surface area contributed by atoms with Crippen LogP contribution in [0.2, 0.25) is 0 Å². The second kappa shape index (κ2) is 16.8. The summed E-state index contributed by atoms with van der Waals surface area (Å²) in [6.07, 6.45) is -3.17. The van der Waals surface area contributed by atoms with Crippen molar-refractivity contribution < 1.29 is 47.4 Å². The van der Waals surface area contributed by atoms with Gasteiger partial charge in [-0.15, -0.1) is 12.4 Å². The van der Waals surface area contributed by atoms with Gasteiger partial charge in [0.05, 0.1) is 41.8 Å². The van der Waals surface area contributed by atoms with Gasteiger partial charge < -0.3 is 30.3 Å². The van der Waals surface area contributed by atoms with Crippen molar-refractivity contribution in [2.75, 3.05) is 26.8 Å². The minimum absolute atomic E-state index is 0. The highest BCUT2D eigenvalue weighted by molar-refractivity contribution is 6.00. The topological polar surface area (TPSA) is 160 Å². The lowest BCUT2D eigenvalue weighted by molar-refractivity contribution is -0.384. The Bertz CT molecular complexity index is 1430. The van der Waals surface area contributed by atoms with E-state index in [9.17, 15) is 43.1 Å². The summed E-state index contributed by atoms with van der Waals surface area (Å²) in [4.78, 5) is 36.6. The van der Waals surface area contributed by atoms with Gasteiger partial charge in [-0.3, -0.25) is 10.1 Å². The Hall–Kier alpha value is -4.14. The van der Waals surface area contributed by atoms with Crippen LogP contribution in [0.3, 0.4) is 0 Å². The third-order valence-corrected chi connectivity index (χ3v) is 6.96. The van der Waals surface area contributed by atoms with Crippen LogP contribution in [0, 0.1) is 10.1 Å². The maximum Gasteiger partial charge on any atom is 0.431 e. The molecule has 3 rings (SSSR count). The molecule has 1 heterocycles. The number of esters is 2. The van der Waals surface area contributed by atoms with E-state index in [1.807, 2.05) is 0 Å². The maximum atomic E-state index is 14.0. The molecule has 1 aliphatic rings. The van der Waals surface area contributed by atoms with Crippen LogP contribution in [0.25, 0.3) is 0 Å². The number of unbranched alkanes of at least 4 members (excludes halogenated alkanes) is 3. The molecule has 246 valence electrons. The van der Waals surface area contributed by atoms with Gasteiger partial charge >= 0.3 is 18.1 Å². The summed E-state index contributed by atoms with van der Waals surface area (Å²) in [5, 5.41) is 36.3. The van der Waals surface area contributed by atoms with Gasteiger partial charge in [0, 0.05) is 24.4 Å². The first kappa shape index (κ1) is 37.0. The van der Waals surface area contributed by atoms with E-state index in [1.165, 1.54) is 31.2 Å². The maximum absolute atomic E-state index is 14.0. The van der Waals surface area contributed by atoms with Crippen LogP contribution in [0.1, 0.15) is 55.8 Å². The van der Waals surface area contributed by atoms with Gasteiger partial charge in [0.2, 0.25) is 0 Å². The number of carbonyl (C=O) groups is 2. The van der Waals surface area contributed by atoms with Crippen molar-refractivity contribution in [3.63, 3.8) is 0 Å². The number of halogens is 4. The number of aliphatic hydroxyl groups excluding tert-OH is 1. The number of benzene rings is 2. The van der Waals surface area contributed by atoms with E-state index in [0.717, 1.165) is 32.1 Å². The van der Waals surface area contributed by atoms with Crippen LogP contribution in [0.15, 0.2) is 71.1 Å². The third-order valence-electron chi connectivity index (χ3n) is 6.96. The molecule has 0 aliphatic carbocycles. The fraction of sp³-hybridized carbons (Fsp3) is 0.400. The fourth-order valence-corrected chi connectivity index (χ4v) is 4.84. The van der Waals surface area contributed by atoms with Crippen LogP contribution >= 0.6 is 12.4 Å². The van der Waals surface area contributed by atoms with Crippen molar-refractivity contribution >= 4 is 30.0 Å². The zero-order chi connectivity index (χ0) is 32.4. The lowest BCUT2D eigenvalue weighted by Crippen LogP contribution is -2.38. The van der Waals surface area contributed by atoms with Crippen LogP contribution in [-0.2, 0) is 19.1 Å². The second-order valence-corrected chi connectivity index (χ2v) is 10.1. The number of non-ortho nitro benzene ring substituents is 1. The summed E-state index contributed by atoms with van der Waals surface area (Å²) in [5.41, 5.74) is -2.80. The Morgan fingerprint density at radius 2 is 1.76 bits per heavy atom. The standard InChI is InChI=1S/C30H34F3N3O8.ClH/c1-18-24(29(40)44-14-6-4-3-5-13-34-17-23(38)19-9-8-12-22(37)16-19)25(20-10-7-11-21(15-20)36(41)42)26(28(39)43-2)27(35-18)30(31,32)33;/h7-12,15-16,23,25,34-35,37-38H,3-6,13-14,17H2,1-2H3;1H. The number of phenols is 1. The Balaban J connectivity index is 0.00000705. The van der Waals surface area contributed by atoms with Gasteiger partial charge in [0.15, 0.2) is 0 Å². The number of nitrogens with zero attached hydrogens (tertiary/aromatic N) is 1. The summed E-state index contributed by atoms with van der Waals surface area (Å²) in [6, 6.07) is 11.0. The summed E-state index contributed by atoms with van der Waals surface area (Å²) in [5.74, 6) is -3.91. The first-order valence-electron chi connectivity index (χ1n) is 13.8. The SMILES string of the molecule is COC(=O)C1=C(C(F)(F)F)NC(C)=C(C(=O)OCCCCCCNCC(O)c2cccc(O)c2)C1c1cccc([N+](=O)[O-])c1.Cl. The number of carbonyl (C=O) groups excluding carboxylic acids is 2. The number of nitrogens with one attached hydrogen (secondary N) is 2. The molecule has 0 fully saturated rings. The summed E-state index contributed by atoms with van der Waals surface area (Å²) in [6.45, 7) is 2.09. The quantitative estimate of drug-likeness (QED) is 0.0931. The molecule has 15 heteroatoms. The summed E-state index contributed by atoms with van der Waals surface area (Å²) < 4.78 is 52.1. The van der Waals surface area contributed by atoms with Crippen molar-refractivity contribution in [3.05, 3.63) is 92.3 Å². The van der Waals surface area contributed by atoms with Gasteiger partial charge in [0.1, 0.15) is 11.4 Å². The molecule has 45 heavy (non-hydrogen) atoms. The molecular weight excluding hydrogens is 623 g/mol. The molecule has 0 amide bonds. The van der Waals surface area contributed by atoms with Crippen molar-refractivity contribution in [2.24, 2.45) is 0 Å². The predicted molar refractivity (Wildman–Crippen MR) is 159 cm³/mol. The molecule has 0 bridgehead atoms. The van der Waals surface area contributed by atoms with Crippen LogP contribution < -0.4 is 10.6 Å². The van der Waals surface area contributed by atoms with E-state index < -0.39 is 52.0 Å². The number of phenolic OH excluding ortho intramolecular Hbond substituents is 1. The number of hydrogen-bond donors (Lipinski definition) is 4. The molecule has 2 aromatic carbocycles. The molecule has 0 spiro atoms. The number of dihydropyridines is 1. The van der Waals surface area contributed by atoms with Gasteiger partial charge in [-0.2, -0.15) is 13.2 Å². The Labute approximate surface area is 263 Å². The van der Waals surface area contributed by atoms with Crippen LogP contribution in [-0.4, -0.2) is 60.1 Å². The lowest BCUT2D eigenvalue weighted by Gasteiger charge is -2.31. The highest BCUT2D eigenvalue weighted by Gasteiger charge is 2.47. The minimum atomic E-state index is -5.03. The smallest absolute Gasteiger partial charge is 0.431 e. The van der Waals surface area contributed by atoms with Crippen LogP contribution in [0.4, 0.5) is 18.9 Å². The van der Waals surface area contributed by atoms with E-state index in [2.05, 4.69) is 15.4 Å². The first-order chi connectivity index (χ1) is 20.8. The average molecular weight is 658 g/mol. The Morgan fingerprint density at radius 1 is 1.07 bits per heavy atom. The van der Waals surface area contributed by atoms with Crippen molar-refractivity contribution in [3.8, 4) is 5.75 Å². The fourth-order valence-electron chi connectivity index (χ4n) is 4.84. The van der Waals surface area contributed by atoms with Gasteiger partial charge in [-0.1, -0.05) is 37.1 Å². The summed E-state index contributed by atoms with van der Waals surface area (Å²) >= 11 is 0. The molecule has 2 atom stereocenters. The van der Waals surface area contributed by atoms with Crippen LogP contribution in [0.5, 0.6) is 5.75 Å². The van der Waals surface area contributed by atoms with Crippen molar-refractivity contribution in [1.29, 1.82) is 0 Å². The molecule has 0 aromatic heterocycles. The molecule has 2 aromatic rings. The average Bonchev–Trinajstić information content (AvgIpc) is 2.98. The molecule has 0 saturated heterocycles. The first-order valence-corrected chi connectivity index (χ1v) is 13.8. The predicted octanol–water partition coefficient (Wildman–Crippen LogP) is 5.10. The van der Waals surface area contributed by atoms with Crippen molar-refractivity contribution in [1.82, 2.24) is 10.6 Å². The van der Waals surface area contributed by atoms with E-state index in [0.29, 0.717) is 31.5 Å². The molecule has 2 unspecified atom stereocenters. The molecular formula is C30H35ClF3N3O8. The summed E-state index contributed by atoms with van der Waals surface area (Å²) in [7, 11) is 0.893. The molecule has 4 N–H and O–H groups in total. The minimum Gasteiger partial charge on any atom is -0.508 e. The van der Waals surface area contributed by atoms with Gasteiger partial charge in [-0.25, -0.2) is 9.59 Å². The number of ether oxygens (including phenoxy) is 2. The van der Waals surface area contributed by atoms with Crippen molar-refractivity contribution in [2.45, 2.75) is 50.8 Å². The zero-order valence-electron chi connectivity index (χ0n) is 24.6. The number of alkyl halides is 3. The second-order valence-electron chi connectivity index (χ2n) is 10.1. The number of rotatable bonds is 14. The molecule has 1 aliphatic heterocycles. The highest BCUT2D eigenvalue weighted by Crippen LogP contribution is 2.44. The van der Waals surface area contributed by atoms with E-state index >= 15 is 0 Å². The Kier molecular flexibility index (Phi) is 13.8. The molecule has 0 radical (unpaired) electrons. The normalized spacial score (nSPS) is 15.6. The number of aromatic hydroxyl groups is 1. The number of nitro groups is 1. The van der Waals surface area contributed by atoms with Gasteiger partial charge in [0.25, 0.3) is 5.69 Å². The number of nitro benzene ring substituents is 1. The largest absolute Gasteiger partial charge is 0.508 e. The number of methoxy groups -OCH3 is 1. The Morgan fingerprint density at radius 3 is 2.40 bits per heavy atom. The van der Waals surface area contributed by atoms with E-state index in [4.69, 9.17) is 4.74 Å². The number of aliphatic hydroxyl groups is 1. The zero-order valence-corrected chi connectivity index (χ0v) is 25.4. The number of hydrogen-bond acceptors (Lipinski definition) is 10. The highest BCUT2D eigenvalue weighted by atomic mass is 35.5. The van der Waals surface area contributed by atoms with E-state index in [-0.39, 0.29) is 41.6 Å². The molecule has 11 nitrogen and oxygen atoms in total. The number of allylic oxidation sites excluding steroid dienone is 2. The molecule has 0 saturated carbocycles. The third kappa shape index (κ3) is 9.93. The van der Waals surface area contributed by atoms with Gasteiger partial charge in [-0.05, 0) is 49.6 Å². The van der Waals surface area contributed by atoms with E-state index in [1.54, 1.807) is 12.1 Å². The monoisotopic (exact) mass is 657 g/mol.